The first kappa shape index (κ1) is 18.8. The van der Waals surface area contributed by atoms with E-state index in [4.69, 9.17) is 4.42 Å². The molecule has 2 heterocycles. The van der Waals surface area contributed by atoms with E-state index in [1.165, 1.54) is 28.9 Å². The predicted octanol–water partition coefficient (Wildman–Crippen LogP) is 3.64. The lowest BCUT2D eigenvalue weighted by Gasteiger charge is -2.25. The summed E-state index contributed by atoms with van der Waals surface area (Å²) < 4.78 is 33.4. The summed E-state index contributed by atoms with van der Waals surface area (Å²) in [5.74, 6) is -2.32. The van der Waals surface area contributed by atoms with Gasteiger partial charge in [0.25, 0.3) is 5.56 Å². The molecule has 0 N–H and O–H groups in total. The van der Waals surface area contributed by atoms with Crippen molar-refractivity contribution < 1.29 is 18.0 Å². The van der Waals surface area contributed by atoms with E-state index in [2.05, 4.69) is 4.98 Å². The Morgan fingerprint density at radius 1 is 1.21 bits per heavy atom. The van der Waals surface area contributed by atoms with E-state index in [0.29, 0.717) is 16.7 Å². The van der Waals surface area contributed by atoms with Crippen LogP contribution in [0.1, 0.15) is 18.5 Å². The van der Waals surface area contributed by atoms with Crippen LogP contribution in [0.15, 0.2) is 58.0 Å². The summed E-state index contributed by atoms with van der Waals surface area (Å²) in [5, 5.41) is 0.724. The summed E-state index contributed by atoms with van der Waals surface area (Å²) >= 11 is 0. The maximum absolute atomic E-state index is 13.5. The van der Waals surface area contributed by atoms with Gasteiger partial charge in [0.1, 0.15) is 17.6 Å². The van der Waals surface area contributed by atoms with E-state index in [0.717, 1.165) is 17.5 Å². The number of furan rings is 1. The van der Waals surface area contributed by atoms with Crippen molar-refractivity contribution in [3.8, 4) is 0 Å². The molecule has 148 valence electrons. The smallest absolute Gasteiger partial charge is 0.297 e. The minimum Gasteiger partial charge on any atom is -0.448 e. The molecule has 4 rings (SSSR count). The molecule has 1 unspecified atom stereocenters. The number of likely N-dealkylation sites (N-methyl/N-ethyl adjacent to an activating group) is 1. The zero-order valence-corrected chi connectivity index (χ0v) is 15.7. The van der Waals surface area contributed by atoms with Crippen molar-refractivity contribution in [2.75, 3.05) is 7.05 Å². The Kier molecular flexibility index (Phi) is 4.62. The molecule has 0 aliphatic rings. The van der Waals surface area contributed by atoms with E-state index in [1.807, 2.05) is 6.07 Å². The van der Waals surface area contributed by atoms with Crippen LogP contribution in [0, 0.1) is 11.6 Å². The van der Waals surface area contributed by atoms with Crippen LogP contribution in [0.3, 0.4) is 0 Å². The Hall–Kier alpha value is -3.55. The van der Waals surface area contributed by atoms with E-state index in [1.54, 1.807) is 25.1 Å². The van der Waals surface area contributed by atoms with E-state index < -0.39 is 23.2 Å². The summed E-state index contributed by atoms with van der Waals surface area (Å²) in [7, 11) is 1.53. The lowest BCUT2D eigenvalue weighted by atomic mass is 10.1. The average Bonchev–Trinajstić information content (AvgIpc) is 3.10. The number of hydrogen-bond donors (Lipinski definition) is 0. The highest BCUT2D eigenvalue weighted by molar-refractivity contribution is 6.01. The molecular weight excluding hydrogens is 380 g/mol. The number of fused-ring (bicyclic) bond motifs is 3. The number of rotatable bonds is 4. The van der Waals surface area contributed by atoms with Crippen LogP contribution in [0.5, 0.6) is 0 Å². The second-order valence-electron chi connectivity index (χ2n) is 6.81. The van der Waals surface area contributed by atoms with Gasteiger partial charge in [0.2, 0.25) is 11.5 Å². The molecule has 1 amide bonds. The summed E-state index contributed by atoms with van der Waals surface area (Å²) in [6.45, 7) is 1.43. The number of benzene rings is 2. The minimum atomic E-state index is -0.981. The molecule has 0 saturated carbocycles. The van der Waals surface area contributed by atoms with E-state index in [-0.39, 0.29) is 18.0 Å². The summed E-state index contributed by atoms with van der Waals surface area (Å²) in [4.78, 5) is 31.1. The third kappa shape index (κ3) is 3.26. The third-order valence-corrected chi connectivity index (χ3v) is 5.06. The SMILES string of the molecule is CC(c1ccc(F)c(F)c1)N(C)C(=O)Cn1cnc2c(oc3ccccc32)c1=O. The number of halogens is 2. The quantitative estimate of drug-likeness (QED) is 0.527. The van der Waals surface area contributed by atoms with Gasteiger partial charge in [-0.25, -0.2) is 13.8 Å². The Bertz CT molecular complexity index is 1300. The van der Waals surface area contributed by atoms with Crippen molar-refractivity contribution in [2.24, 2.45) is 0 Å². The molecular formula is C21H17F2N3O3. The molecule has 4 aromatic rings. The molecule has 29 heavy (non-hydrogen) atoms. The van der Waals surface area contributed by atoms with Crippen molar-refractivity contribution in [2.45, 2.75) is 19.5 Å². The molecule has 2 aromatic heterocycles. The number of carbonyl (C=O) groups is 1. The first-order valence-corrected chi connectivity index (χ1v) is 8.94. The van der Waals surface area contributed by atoms with Gasteiger partial charge < -0.3 is 9.32 Å². The van der Waals surface area contributed by atoms with Gasteiger partial charge in [0.05, 0.1) is 12.4 Å². The van der Waals surface area contributed by atoms with E-state index >= 15 is 0 Å². The molecule has 6 nitrogen and oxygen atoms in total. The number of hydrogen-bond acceptors (Lipinski definition) is 4. The van der Waals surface area contributed by atoms with Crippen molar-refractivity contribution >= 4 is 28.0 Å². The number of carbonyl (C=O) groups excluding carboxylic acids is 1. The van der Waals surface area contributed by atoms with Crippen LogP contribution in [0.2, 0.25) is 0 Å². The molecule has 1 atom stereocenters. The average molecular weight is 397 g/mol. The van der Waals surface area contributed by atoms with Gasteiger partial charge >= 0.3 is 0 Å². The van der Waals surface area contributed by atoms with Gasteiger partial charge in [0, 0.05) is 12.4 Å². The fourth-order valence-corrected chi connectivity index (χ4v) is 3.20. The molecule has 0 fully saturated rings. The minimum absolute atomic E-state index is 0.0813. The number of aromatic nitrogens is 2. The number of para-hydroxylation sites is 1. The van der Waals surface area contributed by atoms with Crippen LogP contribution >= 0.6 is 0 Å². The maximum Gasteiger partial charge on any atom is 0.297 e. The molecule has 8 heteroatoms. The zero-order valence-electron chi connectivity index (χ0n) is 15.7. The molecule has 2 aromatic carbocycles. The largest absolute Gasteiger partial charge is 0.448 e. The summed E-state index contributed by atoms with van der Waals surface area (Å²) in [6, 6.07) is 10.1. The van der Waals surface area contributed by atoms with Crippen molar-refractivity contribution in [3.63, 3.8) is 0 Å². The van der Waals surface area contributed by atoms with Gasteiger partial charge in [-0.1, -0.05) is 18.2 Å². The highest BCUT2D eigenvalue weighted by Gasteiger charge is 2.21. The first-order chi connectivity index (χ1) is 13.9. The molecule has 0 saturated heterocycles. The molecule has 0 spiro atoms. The van der Waals surface area contributed by atoms with Crippen LogP contribution in [-0.2, 0) is 11.3 Å². The Labute approximate surface area is 164 Å². The van der Waals surface area contributed by atoms with Gasteiger partial charge in [-0.15, -0.1) is 0 Å². The van der Waals surface area contributed by atoms with Gasteiger partial charge in [-0.3, -0.25) is 14.2 Å². The topological polar surface area (TPSA) is 68.3 Å². The van der Waals surface area contributed by atoms with Crippen molar-refractivity contribution in [3.05, 3.63) is 76.3 Å². The lowest BCUT2D eigenvalue weighted by molar-refractivity contribution is -0.132. The first-order valence-electron chi connectivity index (χ1n) is 8.94. The van der Waals surface area contributed by atoms with Crippen LogP contribution < -0.4 is 5.56 Å². The van der Waals surface area contributed by atoms with Gasteiger partial charge in [-0.05, 0) is 36.8 Å². The highest BCUT2D eigenvalue weighted by atomic mass is 19.2. The fraction of sp³-hybridized carbons (Fsp3) is 0.190. The molecule has 0 bridgehead atoms. The predicted molar refractivity (Wildman–Crippen MR) is 103 cm³/mol. The molecule has 0 aliphatic carbocycles. The van der Waals surface area contributed by atoms with Crippen molar-refractivity contribution in [1.29, 1.82) is 0 Å². The van der Waals surface area contributed by atoms with Gasteiger partial charge in [0.15, 0.2) is 11.6 Å². The number of amides is 1. The normalized spacial score (nSPS) is 12.4. The van der Waals surface area contributed by atoms with Crippen LogP contribution in [0.4, 0.5) is 8.78 Å². The monoisotopic (exact) mass is 397 g/mol. The van der Waals surface area contributed by atoms with Gasteiger partial charge in [-0.2, -0.15) is 0 Å². The lowest BCUT2D eigenvalue weighted by Crippen LogP contribution is -2.35. The Morgan fingerprint density at radius 2 is 1.97 bits per heavy atom. The summed E-state index contributed by atoms with van der Waals surface area (Å²) in [5.41, 5.74) is 1.04. The Balaban J connectivity index is 1.61. The zero-order chi connectivity index (χ0) is 20.7. The third-order valence-electron chi connectivity index (χ3n) is 5.06. The van der Waals surface area contributed by atoms with Crippen LogP contribution in [0.25, 0.3) is 22.1 Å². The Morgan fingerprint density at radius 3 is 2.72 bits per heavy atom. The standard InChI is InChI=1S/C21H17F2N3O3/c1-12(13-7-8-15(22)16(23)9-13)25(2)18(27)10-26-11-24-19-14-5-3-4-6-17(14)29-20(19)21(26)28/h3-9,11-12H,10H2,1-2H3. The van der Waals surface area contributed by atoms with Crippen LogP contribution in [-0.4, -0.2) is 27.4 Å². The highest BCUT2D eigenvalue weighted by Crippen LogP contribution is 2.24. The summed E-state index contributed by atoms with van der Waals surface area (Å²) in [6.07, 6.45) is 1.31. The van der Waals surface area contributed by atoms with Crippen molar-refractivity contribution in [1.82, 2.24) is 14.5 Å². The second kappa shape index (κ2) is 7.12. The maximum atomic E-state index is 13.5. The second-order valence-corrected chi connectivity index (χ2v) is 6.81. The van der Waals surface area contributed by atoms with E-state index in [9.17, 15) is 18.4 Å². The molecule has 0 aliphatic heterocycles. The fourth-order valence-electron chi connectivity index (χ4n) is 3.20. The number of nitrogens with zero attached hydrogens (tertiary/aromatic N) is 3. The molecule has 0 radical (unpaired) electrons.